The van der Waals surface area contributed by atoms with Gasteiger partial charge in [-0.05, 0) is 50.2 Å². The third-order valence-corrected chi connectivity index (χ3v) is 5.20. The fourth-order valence-corrected chi connectivity index (χ4v) is 3.36. The van der Waals surface area contributed by atoms with Crippen LogP contribution in [0.5, 0.6) is 5.75 Å². The van der Waals surface area contributed by atoms with Gasteiger partial charge in [0.05, 0.1) is 11.4 Å². The Morgan fingerprint density at radius 2 is 1.62 bits per heavy atom. The van der Waals surface area contributed by atoms with Crippen LogP contribution in [0.25, 0.3) is 0 Å². The number of rotatable bonds is 5. The Labute approximate surface area is 176 Å². The van der Waals surface area contributed by atoms with Gasteiger partial charge in [0, 0.05) is 38.1 Å². The molecule has 2 aromatic carbocycles. The molecule has 6 nitrogen and oxygen atoms in total. The second-order valence-electron chi connectivity index (χ2n) is 7.53. The third kappa shape index (κ3) is 5.21. The van der Waals surface area contributed by atoms with Crippen molar-refractivity contribution in [2.45, 2.75) is 26.4 Å². The van der Waals surface area contributed by atoms with Crippen molar-refractivity contribution in [3.63, 3.8) is 0 Å². The molecule has 0 aromatic heterocycles. The maximum atomic E-state index is 12.9. The fourth-order valence-electron chi connectivity index (χ4n) is 3.23. The minimum Gasteiger partial charge on any atom is -0.478 e. The molecule has 1 aliphatic rings. The summed E-state index contributed by atoms with van der Waals surface area (Å²) in [6, 6.07) is 14.6. The smallest absolute Gasteiger partial charge is 0.268 e. The quantitative estimate of drug-likeness (QED) is 0.806. The lowest BCUT2D eigenvalue weighted by Gasteiger charge is -2.36. The van der Waals surface area contributed by atoms with Crippen molar-refractivity contribution in [1.29, 1.82) is 0 Å². The summed E-state index contributed by atoms with van der Waals surface area (Å²) in [5.74, 6) is 0.415. The summed E-state index contributed by atoms with van der Waals surface area (Å²) < 4.78 is 5.89. The van der Waals surface area contributed by atoms with Gasteiger partial charge in [0.2, 0.25) is 5.91 Å². The molecule has 2 amide bonds. The summed E-state index contributed by atoms with van der Waals surface area (Å²) in [7, 11) is 0. The standard InChI is InChI=1S/C22H26ClN3O3/c1-16(27)25-12-14-26(15-13-25)20-7-5-4-6-19(20)24-21(28)22(2,3)29-18-10-8-17(23)9-11-18/h4-11H,12-15H2,1-3H3,(H,24,28). The van der Waals surface area contributed by atoms with E-state index in [9.17, 15) is 9.59 Å². The van der Waals surface area contributed by atoms with Crippen LogP contribution in [0.2, 0.25) is 5.02 Å². The van der Waals surface area contributed by atoms with Crippen LogP contribution in [0.4, 0.5) is 11.4 Å². The summed E-state index contributed by atoms with van der Waals surface area (Å²) in [5.41, 5.74) is 0.585. The van der Waals surface area contributed by atoms with E-state index in [1.165, 1.54) is 0 Å². The number of hydrogen-bond donors (Lipinski definition) is 1. The largest absolute Gasteiger partial charge is 0.478 e. The highest BCUT2D eigenvalue weighted by molar-refractivity contribution is 6.30. The van der Waals surface area contributed by atoms with Crippen molar-refractivity contribution in [2.75, 3.05) is 36.4 Å². The summed E-state index contributed by atoms with van der Waals surface area (Å²) in [4.78, 5) is 28.5. The van der Waals surface area contributed by atoms with E-state index in [1.807, 2.05) is 29.2 Å². The molecular formula is C22H26ClN3O3. The van der Waals surface area contributed by atoms with Gasteiger partial charge in [-0.2, -0.15) is 0 Å². The molecule has 154 valence electrons. The lowest BCUT2D eigenvalue weighted by atomic mass is 10.1. The Morgan fingerprint density at radius 3 is 2.24 bits per heavy atom. The molecule has 1 heterocycles. The molecule has 7 heteroatoms. The topological polar surface area (TPSA) is 61.9 Å². The van der Waals surface area contributed by atoms with Crippen LogP contribution in [-0.2, 0) is 9.59 Å². The van der Waals surface area contributed by atoms with Gasteiger partial charge in [-0.1, -0.05) is 23.7 Å². The number of nitrogens with one attached hydrogen (secondary N) is 1. The molecule has 1 saturated heterocycles. The van der Waals surface area contributed by atoms with E-state index in [0.29, 0.717) is 23.9 Å². The summed E-state index contributed by atoms with van der Waals surface area (Å²) in [6.45, 7) is 7.82. The van der Waals surface area contributed by atoms with Crippen molar-refractivity contribution in [3.8, 4) is 5.75 Å². The Balaban J connectivity index is 1.70. The predicted molar refractivity (Wildman–Crippen MR) is 116 cm³/mol. The van der Waals surface area contributed by atoms with E-state index < -0.39 is 5.60 Å². The molecule has 29 heavy (non-hydrogen) atoms. The first-order valence-corrected chi connectivity index (χ1v) is 9.99. The lowest BCUT2D eigenvalue weighted by Crippen LogP contribution is -2.48. The average molecular weight is 416 g/mol. The second-order valence-corrected chi connectivity index (χ2v) is 7.97. The van der Waals surface area contributed by atoms with E-state index in [4.69, 9.17) is 16.3 Å². The van der Waals surface area contributed by atoms with Crippen molar-refractivity contribution in [1.82, 2.24) is 4.90 Å². The first-order chi connectivity index (χ1) is 13.8. The minimum absolute atomic E-state index is 0.0901. The van der Waals surface area contributed by atoms with Crippen molar-refractivity contribution in [3.05, 3.63) is 53.6 Å². The van der Waals surface area contributed by atoms with E-state index >= 15 is 0 Å². The molecule has 0 saturated carbocycles. The van der Waals surface area contributed by atoms with Crippen molar-refractivity contribution in [2.24, 2.45) is 0 Å². The van der Waals surface area contributed by atoms with Gasteiger partial charge >= 0.3 is 0 Å². The monoisotopic (exact) mass is 415 g/mol. The van der Waals surface area contributed by atoms with E-state index in [0.717, 1.165) is 24.5 Å². The molecule has 0 radical (unpaired) electrons. The number of anilines is 2. The number of carbonyl (C=O) groups is 2. The molecule has 2 aromatic rings. The zero-order valence-corrected chi connectivity index (χ0v) is 17.7. The van der Waals surface area contributed by atoms with Crippen LogP contribution in [0, 0.1) is 0 Å². The highest BCUT2D eigenvalue weighted by atomic mass is 35.5. The van der Waals surface area contributed by atoms with Crippen LogP contribution in [0.3, 0.4) is 0 Å². The maximum Gasteiger partial charge on any atom is 0.268 e. The van der Waals surface area contributed by atoms with E-state index in [2.05, 4.69) is 10.2 Å². The van der Waals surface area contributed by atoms with Crippen molar-refractivity contribution < 1.29 is 14.3 Å². The normalized spacial score (nSPS) is 14.5. The molecule has 0 unspecified atom stereocenters. The predicted octanol–water partition coefficient (Wildman–Crippen LogP) is 3.80. The summed E-state index contributed by atoms with van der Waals surface area (Å²) in [6.07, 6.45) is 0. The highest BCUT2D eigenvalue weighted by Gasteiger charge is 2.31. The lowest BCUT2D eigenvalue weighted by molar-refractivity contribution is -0.129. The van der Waals surface area contributed by atoms with E-state index in [1.54, 1.807) is 45.0 Å². The molecule has 1 aliphatic heterocycles. The molecule has 0 bridgehead atoms. The number of piperazine rings is 1. The van der Waals surface area contributed by atoms with Gasteiger partial charge in [0.1, 0.15) is 5.75 Å². The van der Waals surface area contributed by atoms with Gasteiger partial charge in [0.15, 0.2) is 5.60 Å². The Morgan fingerprint density at radius 1 is 1.00 bits per heavy atom. The number of ether oxygens (including phenoxy) is 1. The molecule has 0 atom stereocenters. The summed E-state index contributed by atoms with van der Waals surface area (Å²) >= 11 is 5.91. The number of halogens is 1. The molecule has 1 N–H and O–H groups in total. The number of benzene rings is 2. The van der Waals surface area contributed by atoms with Gasteiger partial charge in [-0.15, -0.1) is 0 Å². The summed E-state index contributed by atoms with van der Waals surface area (Å²) in [5, 5.41) is 3.61. The molecular weight excluding hydrogens is 390 g/mol. The van der Waals surface area contributed by atoms with Crippen LogP contribution >= 0.6 is 11.6 Å². The second kappa shape index (κ2) is 8.74. The third-order valence-electron chi connectivity index (χ3n) is 4.95. The number of carbonyl (C=O) groups excluding carboxylic acids is 2. The molecule has 0 spiro atoms. The minimum atomic E-state index is -1.08. The zero-order valence-electron chi connectivity index (χ0n) is 16.9. The Hall–Kier alpha value is -2.73. The van der Waals surface area contributed by atoms with Gasteiger partial charge < -0.3 is 19.9 Å². The number of hydrogen-bond acceptors (Lipinski definition) is 4. The molecule has 3 rings (SSSR count). The van der Waals surface area contributed by atoms with E-state index in [-0.39, 0.29) is 11.8 Å². The van der Waals surface area contributed by atoms with Crippen LogP contribution < -0.4 is 15.0 Å². The Kier molecular flexibility index (Phi) is 6.33. The van der Waals surface area contributed by atoms with Gasteiger partial charge in [-0.25, -0.2) is 0 Å². The Bertz CT molecular complexity index is 875. The first kappa shape index (κ1) is 21.0. The highest BCUT2D eigenvalue weighted by Crippen LogP contribution is 2.28. The fraction of sp³-hybridized carbons (Fsp3) is 0.364. The SMILES string of the molecule is CC(=O)N1CCN(c2ccccc2NC(=O)C(C)(C)Oc2ccc(Cl)cc2)CC1. The maximum absolute atomic E-state index is 12.9. The number of para-hydroxylation sites is 2. The van der Waals surface area contributed by atoms with Crippen LogP contribution in [0.1, 0.15) is 20.8 Å². The van der Waals surface area contributed by atoms with Gasteiger partial charge in [0.25, 0.3) is 5.91 Å². The molecule has 1 fully saturated rings. The number of nitrogens with zero attached hydrogens (tertiary/aromatic N) is 2. The first-order valence-electron chi connectivity index (χ1n) is 9.62. The van der Waals surface area contributed by atoms with Crippen molar-refractivity contribution >= 4 is 34.8 Å². The molecule has 0 aliphatic carbocycles. The number of amides is 2. The average Bonchev–Trinajstić information content (AvgIpc) is 2.70. The van der Waals surface area contributed by atoms with Crippen LogP contribution in [-0.4, -0.2) is 48.5 Å². The zero-order chi connectivity index (χ0) is 21.0. The van der Waals surface area contributed by atoms with Crippen LogP contribution in [0.15, 0.2) is 48.5 Å². The van der Waals surface area contributed by atoms with Gasteiger partial charge in [-0.3, -0.25) is 9.59 Å².